The molecule has 0 radical (unpaired) electrons. The number of hydrogen-bond acceptors (Lipinski definition) is 4. The van der Waals surface area contributed by atoms with Gasteiger partial charge in [-0.2, -0.15) is 10.2 Å². The molecule has 0 fully saturated rings. The summed E-state index contributed by atoms with van der Waals surface area (Å²) in [6.45, 7) is 0. The summed E-state index contributed by atoms with van der Waals surface area (Å²) in [5.74, 6) is -0.291. The molecule has 0 saturated carbocycles. The fourth-order valence-electron chi connectivity index (χ4n) is 1.80. The van der Waals surface area contributed by atoms with Crippen LogP contribution in [0, 0.1) is 0 Å². The molecule has 120 valence electrons. The number of carbonyl (C=O) groups excluding carboxylic acids is 1. The normalized spacial score (nSPS) is 9.88. The van der Waals surface area contributed by atoms with Gasteiger partial charge in [-0.25, -0.2) is 4.79 Å². The molecular formula is C20H18N2O2. The maximum absolute atomic E-state index is 10.8. The van der Waals surface area contributed by atoms with Crippen molar-refractivity contribution < 1.29 is 9.53 Å². The Morgan fingerprint density at radius 2 is 1.04 bits per heavy atom. The molecule has 0 spiro atoms. The Morgan fingerprint density at radius 3 is 1.42 bits per heavy atom. The van der Waals surface area contributed by atoms with Crippen LogP contribution in [0.4, 0.5) is 11.4 Å². The Bertz CT molecular complexity index is 716. The van der Waals surface area contributed by atoms with E-state index in [0.29, 0.717) is 5.56 Å². The smallest absolute Gasteiger partial charge is 0.337 e. The molecule has 0 N–H and O–H groups in total. The van der Waals surface area contributed by atoms with E-state index in [1.807, 2.05) is 66.7 Å². The van der Waals surface area contributed by atoms with E-state index in [9.17, 15) is 4.79 Å². The van der Waals surface area contributed by atoms with Crippen LogP contribution in [0.1, 0.15) is 10.4 Å². The number of hydrogen-bond donors (Lipinski definition) is 0. The van der Waals surface area contributed by atoms with E-state index in [1.165, 1.54) is 7.11 Å². The third-order valence-corrected chi connectivity index (χ3v) is 2.99. The van der Waals surface area contributed by atoms with E-state index in [1.54, 1.807) is 24.3 Å². The molecule has 0 bridgehead atoms. The Kier molecular flexibility index (Phi) is 6.90. The topological polar surface area (TPSA) is 51.0 Å². The van der Waals surface area contributed by atoms with Gasteiger partial charge in [0.2, 0.25) is 0 Å². The molecule has 3 aromatic rings. The zero-order chi connectivity index (χ0) is 17.0. The molecule has 4 nitrogen and oxygen atoms in total. The van der Waals surface area contributed by atoms with E-state index in [4.69, 9.17) is 0 Å². The van der Waals surface area contributed by atoms with Crippen LogP contribution in [0.3, 0.4) is 0 Å². The summed E-state index contributed by atoms with van der Waals surface area (Å²) in [5.41, 5.74) is 2.33. The van der Waals surface area contributed by atoms with Crippen molar-refractivity contribution in [1.29, 1.82) is 0 Å². The largest absolute Gasteiger partial charge is 0.465 e. The zero-order valence-corrected chi connectivity index (χ0v) is 13.4. The van der Waals surface area contributed by atoms with E-state index in [0.717, 1.165) is 11.4 Å². The van der Waals surface area contributed by atoms with E-state index in [-0.39, 0.29) is 5.97 Å². The van der Waals surface area contributed by atoms with Gasteiger partial charge in [0, 0.05) is 0 Å². The van der Waals surface area contributed by atoms with Crippen molar-refractivity contribution in [3.05, 3.63) is 96.6 Å². The lowest BCUT2D eigenvalue weighted by Gasteiger charge is -1.95. The van der Waals surface area contributed by atoms with Crippen molar-refractivity contribution in [2.24, 2.45) is 10.2 Å². The molecular weight excluding hydrogens is 300 g/mol. The second-order valence-electron chi connectivity index (χ2n) is 4.73. The summed E-state index contributed by atoms with van der Waals surface area (Å²) in [4.78, 5) is 10.8. The summed E-state index contributed by atoms with van der Waals surface area (Å²) < 4.78 is 4.50. The minimum Gasteiger partial charge on any atom is -0.465 e. The first-order chi connectivity index (χ1) is 11.8. The number of methoxy groups -OCH3 is 1. The second kappa shape index (κ2) is 9.69. The maximum Gasteiger partial charge on any atom is 0.337 e. The molecule has 0 aliphatic rings. The average molecular weight is 318 g/mol. The summed E-state index contributed by atoms with van der Waals surface area (Å²) in [6.07, 6.45) is 0. The van der Waals surface area contributed by atoms with Gasteiger partial charge in [0.15, 0.2) is 0 Å². The molecule has 0 amide bonds. The summed E-state index contributed by atoms with van der Waals surface area (Å²) in [7, 11) is 1.37. The first-order valence-electron chi connectivity index (χ1n) is 7.45. The number of nitrogens with zero attached hydrogens (tertiary/aromatic N) is 2. The van der Waals surface area contributed by atoms with E-state index in [2.05, 4.69) is 15.0 Å². The van der Waals surface area contributed by atoms with Crippen LogP contribution < -0.4 is 0 Å². The van der Waals surface area contributed by atoms with Crippen LogP contribution in [-0.4, -0.2) is 13.1 Å². The van der Waals surface area contributed by atoms with Gasteiger partial charge >= 0.3 is 5.97 Å². The highest BCUT2D eigenvalue weighted by atomic mass is 16.5. The predicted molar refractivity (Wildman–Crippen MR) is 94.8 cm³/mol. The highest BCUT2D eigenvalue weighted by Gasteiger charge is 2.00. The predicted octanol–water partition coefficient (Wildman–Crippen LogP) is 5.58. The fraction of sp³-hybridized carbons (Fsp3) is 0.0500. The first kappa shape index (κ1) is 17.1. The summed E-state index contributed by atoms with van der Waals surface area (Å²) >= 11 is 0. The van der Waals surface area contributed by atoms with E-state index >= 15 is 0 Å². The first-order valence-corrected chi connectivity index (χ1v) is 7.45. The highest BCUT2D eigenvalue weighted by molar-refractivity contribution is 5.89. The Morgan fingerprint density at radius 1 is 0.667 bits per heavy atom. The Hall–Kier alpha value is -3.27. The van der Waals surface area contributed by atoms with Gasteiger partial charge < -0.3 is 4.74 Å². The molecule has 0 saturated heterocycles. The van der Waals surface area contributed by atoms with Crippen molar-refractivity contribution in [3.8, 4) is 0 Å². The molecule has 0 aromatic heterocycles. The summed E-state index contributed by atoms with van der Waals surface area (Å²) in [6, 6.07) is 28.3. The van der Waals surface area contributed by atoms with Crippen molar-refractivity contribution in [1.82, 2.24) is 0 Å². The highest BCUT2D eigenvalue weighted by Crippen LogP contribution is 2.16. The molecule has 0 atom stereocenters. The fourth-order valence-corrected chi connectivity index (χ4v) is 1.80. The number of carbonyl (C=O) groups is 1. The molecule has 0 heterocycles. The number of rotatable bonds is 3. The number of benzene rings is 3. The van der Waals surface area contributed by atoms with Crippen molar-refractivity contribution >= 4 is 17.3 Å². The van der Waals surface area contributed by atoms with Gasteiger partial charge in [0.05, 0.1) is 24.0 Å². The number of azo groups is 1. The Labute approximate surface area is 141 Å². The monoisotopic (exact) mass is 318 g/mol. The molecule has 0 aliphatic heterocycles. The van der Waals surface area contributed by atoms with Crippen LogP contribution in [-0.2, 0) is 4.74 Å². The van der Waals surface area contributed by atoms with Gasteiger partial charge in [-0.15, -0.1) is 0 Å². The molecule has 3 aromatic carbocycles. The van der Waals surface area contributed by atoms with Crippen molar-refractivity contribution in [2.45, 2.75) is 0 Å². The van der Waals surface area contributed by atoms with Crippen molar-refractivity contribution in [3.63, 3.8) is 0 Å². The lowest BCUT2D eigenvalue weighted by atomic mass is 10.2. The average Bonchev–Trinajstić information content (AvgIpc) is 2.68. The second-order valence-corrected chi connectivity index (χ2v) is 4.73. The Balaban J connectivity index is 0.000000185. The molecule has 24 heavy (non-hydrogen) atoms. The maximum atomic E-state index is 10.8. The van der Waals surface area contributed by atoms with Gasteiger partial charge in [-0.3, -0.25) is 0 Å². The quantitative estimate of drug-likeness (QED) is 0.468. The number of esters is 1. The molecule has 4 heteroatoms. The van der Waals surface area contributed by atoms with Crippen LogP contribution in [0.15, 0.2) is 101 Å². The number of ether oxygens (including phenoxy) is 1. The summed E-state index contributed by atoms with van der Waals surface area (Å²) in [5, 5.41) is 8.20. The van der Waals surface area contributed by atoms with Crippen LogP contribution in [0.5, 0.6) is 0 Å². The van der Waals surface area contributed by atoms with Gasteiger partial charge in [-0.1, -0.05) is 54.6 Å². The standard InChI is InChI=1S/C12H10N2.C8H8O2/c1-3-7-11(8-4-1)13-14-12-9-5-2-6-10-12;1-10-8(9)7-5-3-2-4-6-7/h1-10H;2-6H,1H3. The van der Waals surface area contributed by atoms with E-state index < -0.39 is 0 Å². The van der Waals surface area contributed by atoms with Crippen LogP contribution in [0.25, 0.3) is 0 Å². The minimum absolute atomic E-state index is 0.291. The third kappa shape index (κ3) is 5.85. The minimum atomic E-state index is -0.291. The third-order valence-electron chi connectivity index (χ3n) is 2.99. The van der Waals surface area contributed by atoms with Gasteiger partial charge in [0.1, 0.15) is 0 Å². The van der Waals surface area contributed by atoms with Gasteiger partial charge in [0.25, 0.3) is 0 Å². The lowest BCUT2D eigenvalue weighted by molar-refractivity contribution is 0.0600. The lowest BCUT2D eigenvalue weighted by Crippen LogP contribution is -1.99. The molecule has 0 aliphatic carbocycles. The molecule has 0 unspecified atom stereocenters. The zero-order valence-electron chi connectivity index (χ0n) is 13.4. The van der Waals surface area contributed by atoms with Crippen LogP contribution >= 0.6 is 0 Å². The SMILES string of the molecule is COC(=O)c1ccccc1.c1ccc(N=Nc2ccccc2)cc1. The molecule has 3 rings (SSSR count). The van der Waals surface area contributed by atoms with Crippen molar-refractivity contribution in [2.75, 3.05) is 7.11 Å². The van der Waals surface area contributed by atoms with Crippen LogP contribution in [0.2, 0.25) is 0 Å². The van der Waals surface area contributed by atoms with Gasteiger partial charge in [-0.05, 0) is 36.4 Å².